The van der Waals surface area contributed by atoms with E-state index in [0.29, 0.717) is 5.92 Å². The molecule has 1 rings (SSSR count). The molecule has 2 atom stereocenters. The average molecular weight is 228 g/mol. The molecule has 1 fully saturated rings. The van der Waals surface area contributed by atoms with Gasteiger partial charge in [0.05, 0.1) is 5.92 Å². The second-order valence-corrected chi connectivity index (χ2v) is 4.61. The van der Waals surface area contributed by atoms with Crippen molar-refractivity contribution in [3.63, 3.8) is 0 Å². The van der Waals surface area contributed by atoms with Gasteiger partial charge in [-0.05, 0) is 25.7 Å². The van der Waals surface area contributed by atoms with Crippen molar-refractivity contribution in [2.75, 3.05) is 13.6 Å². The Hall–Kier alpha value is -1.26. The molecular weight excluding hydrogens is 208 g/mol. The van der Waals surface area contributed by atoms with Gasteiger partial charge in [-0.25, -0.2) is 4.79 Å². The summed E-state index contributed by atoms with van der Waals surface area (Å²) in [6.45, 7) is 3.78. The fraction of sp³-hybridized carbons (Fsp3) is 0.818. The third-order valence-corrected chi connectivity index (χ3v) is 3.22. The normalized spacial score (nSPS) is 18.7. The maximum atomic E-state index is 11.7. The zero-order valence-electron chi connectivity index (χ0n) is 10.1. The van der Waals surface area contributed by atoms with Crippen LogP contribution in [0, 0.1) is 11.8 Å². The van der Waals surface area contributed by atoms with Crippen LogP contribution in [0.2, 0.25) is 0 Å². The summed E-state index contributed by atoms with van der Waals surface area (Å²) in [5, 5.41) is 11.3. The SMILES string of the molecule is CC(CNC(=O)N(C)C(C)C1CC1)C(=O)O. The third kappa shape index (κ3) is 3.40. The first kappa shape index (κ1) is 12.8. The van der Waals surface area contributed by atoms with Gasteiger partial charge in [0.25, 0.3) is 0 Å². The maximum absolute atomic E-state index is 11.7. The second kappa shape index (κ2) is 5.18. The Labute approximate surface area is 95.8 Å². The van der Waals surface area contributed by atoms with Crippen molar-refractivity contribution >= 4 is 12.0 Å². The van der Waals surface area contributed by atoms with Crippen LogP contribution in [0.3, 0.4) is 0 Å². The van der Waals surface area contributed by atoms with Gasteiger partial charge in [0.15, 0.2) is 0 Å². The van der Waals surface area contributed by atoms with Crippen LogP contribution in [-0.2, 0) is 4.79 Å². The molecule has 0 aromatic rings. The summed E-state index contributed by atoms with van der Waals surface area (Å²) in [7, 11) is 1.75. The average Bonchev–Trinajstić information content (AvgIpc) is 3.06. The lowest BCUT2D eigenvalue weighted by Gasteiger charge is -2.25. The summed E-state index contributed by atoms with van der Waals surface area (Å²) in [4.78, 5) is 23.9. The molecule has 1 aliphatic rings. The molecule has 1 aliphatic carbocycles. The van der Waals surface area contributed by atoms with Crippen molar-refractivity contribution in [3.05, 3.63) is 0 Å². The Kier molecular flexibility index (Phi) is 4.15. The van der Waals surface area contributed by atoms with Crippen molar-refractivity contribution in [1.29, 1.82) is 0 Å². The zero-order chi connectivity index (χ0) is 12.3. The van der Waals surface area contributed by atoms with Crippen molar-refractivity contribution in [3.8, 4) is 0 Å². The molecule has 2 N–H and O–H groups in total. The van der Waals surface area contributed by atoms with Crippen LogP contribution in [0.1, 0.15) is 26.7 Å². The minimum absolute atomic E-state index is 0.176. The highest BCUT2D eigenvalue weighted by atomic mass is 16.4. The molecule has 5 nitrogen and oxygen atoms in total. The number of hydrogen-bond acceptors (Lipinski definition) is 2. The summed E-state index contributed by atoms with van der Waals surface area (Å²) < 4.78 is 0. The Morgan fingerprint density at radius 2 is 2.00 bits per heavy atom. The van der Waals surface area contributed by atoms with Crippen LogP contribution in [0.5, 0.6) is 0 Å². The Morgan fingerprint density at radius 3 is 2.44 bits per heavy atom. The number of carboxylic acid groups (broad SMARTS) is 1. The predicted molar refractivity (Wildman–Crippen MR) is 60.1 cm³/mol. The summed E-state index contributed by atoms with van der Waals surface area (Å²) in [5.74, 6) is -0.820. The van der Waals surface area contributed by atoms with Crippen LogP contribution < -0.4 is 5.32 Å². The van der Waals surface area contributed by atoms with E-state index < -0.39 is 11.9 Å². The number of urea groups is 1. The molecule has 0 spiro atoms. The largest absolute Gasteiger partial charge is 0.481 e. The summed E-state index contributed by atoms with van der Waals surface area (Å²) in [6.07, 6.45) is 2.37. The third-order valence-electron chi connectivity index (χ3n) is 3.22. The number of aliphatic carboxylic acids is 1. The number of carboxylic acids is 1. The Bertz CT molecular complexity index is 276. The highest BCUT2D eigenvalue weighted by molar-refractivity contribution is 5.76. The van der Waals surface area contributed by atoms with E-state index in [2.05, 4.69) is 5.32 Å². The first-order chi connectivity index (χ1) is 7.43. The summed E-state index contributed by atoms with van der Waals surface area (Å²) in [6, 6.07) is 0.0487. The van der Waals surface area contributed by atoms with Gasteiger partial charge in [0.2, 0.25) is 0 Å². The lowest BCUT2D eigenvalue weighted by molar-refractivity contribution is -0.140. The maximum Gasteiger partial charge on any atom is 0.317 e. The highest BCUT2D eigenvalue weighted by Gasteiger charge is 2.32. The lowest BCUT2D eigenvalue weighted by atomic mass is 10.2. The van der Waals surface area contributed by atoms with Crippen molar-refractivity contribution < 1.29 is 14.7 Å². The van der Waals surface area contributed by atoms with Crippen LogP contribution >= 0.6 is 0 Å². The quantitative estimate of drug-likeness (QED) is 0.741. The molecule has 0 aromatic carbocycles. The molecule has 0 radical (unpaired) electrons. The smallest absolute Gasteiger partial charge is 0.317 e. The minimum atomic E-state index is -0.891. The zero-order valence-corrected chi connectivity index (χ0v) is 10.1. The molecule has 2 unspecified atom stereocenters. The number of nitrogens with zero attached hydrogens (tertiary/aromatic N) is 1. The van der Waals surface area contributed by atoms with Crippen LogP contribution in [0.4, 0.5) is 4.79 Å². The summed E-state index contributed by atoms with van der Waals surface area (Å²) >= 11 is 0. The first-order valence-corrected chi connectivity index (χ1v) is 5.67. The van der Waals surface area contributed by atoms with Crippen LogP contribution in [-0.4, -0.2) is 41.6 Å². The molecule has 1 saturated carbocycles. The van der Waals surface area contributed by atoms with E-state index in [9.17, 15) is 9.59 Å². The van der Waals surface area contributed by atoms with Gasteiger partial charge in [-0.3, -0.25) is 4.79 Å². The first-order valence-electron chi connectivity index (χ1n) is 5.67. The van der Waals surface area contributed by atoms with E-state index in [4.69, 9.17) is 5.11 Å². The van der Waals surface area contributed by atoms with E-state index in [1.54, 1.807) is 18.9 Å². The fourth-order valence-corrected chi connectivity index (χ4v) is 1.53. The topological polar surface area (TPSA) is 69.6 Å². The molecule has 0 bridgehead atoms. The fourth-order valence-electron chi connectivity index (χ4n) is 1.53. The molecule has 92 valence electrons. The molecular formula is C11H20N2O3. The van der Waals surface area contributed by atoms with Gasteiger partial charge in [0.1, 0.15) is 0 Å². The van der Waals surface area contributed by atoms with E-state index in [0.717, 1.165) is 0 Å². The number of nitrogens with one attached hydrogen (secondary N) is 1. The van der Waals surface area contributed by atoms with Crippen molar-refractivity contribution in [2.24, 2.45) is 11.8 Å². The van der Waals surface area contributed by atoms with Crippen molar-refractivity contribution in [2.45, 2.75) is 32.7 Å². The Morgan fingerprint density at radius 1 is 1.44 bits per heavy atom. The van der Waals surface area contributed by atoms with Gasteiger partial charge in [-0.2, -0.15) is 0 Å². The summed E-state index contributed by atoms with van der Waals surface area (Å²) in [5.41, 5.74) is 0. The monoisotopic (exact) mass is 228 g/mol. The van der Waals surface area contributed by atoms with Gasteiger partial charge < -0.3 is 15.3 Å². The number of carbonyl (C=O) groups excluding carboxylic acids is 1. The van der Waals surface area contributed by atoms with Gasteiger partial charge in [-0.15, -0.1) is 0 Å². The number of hydrogen-bond donors (Lipinski definition) is 2. The van der Waals surface area contributed by atoms with E-state index in [1.165, 1.54) is 12.8 Å². The predicted octanol–water partition coefficient (Wildman–Crippen LogP) is 1.15. The van der Waals surface area contributed by atoms with Crippen LogP contribution in [0.25, 0.3) is 0 Å². The molecule has 2 amide bonds. The number of rotatable bonds is 5. The van der Waals surface area contributed by atoms with Crippen LogP contribution in [0.15, 0.2) is 0 Å². The van der Waals surface area contributed by atoms with Crippen molar-refractivity contribution in [1.82, 2.24) is 10.2 Å². The van der Waals surface area contributed by atoms with Gasteiger partial charge in [-0.1, -0.05) is 6.92 Å². The number of carbonyl (C=O) groups is 2. The highest BCUT2D eigenvalue weighted by Crippen LogP contribution is 2.34. The van der Waals surface area contributed by atoms with Gasteiger partial charge >= 0.3 is 12.0 Å². The standard InChI is InChI=1S/C11H20N2O3/c1-7(10(14)15)6-12-11(16)13(3)8(2)9-4-5-9/h7-9H,4-6H2,1-3H3,(H,12,16)(H,14,15). The molecule has 0 saturated heterocycles. The lowest BCUT2D eigenvalue weighted by Crippen LogP contribution is -2.45. The molecule has 5 heteroatoms. The van der Waals surface area contributed by atoms with E-state index in [-0.39, 0.29) is 18.6 Å². The van der Waals surface area contributed by atoms with Gasteiger partial charge in [0, 0.05) is 19.6 Å². The van der Waals surface area contributed by atoms with E-state index >= 15 is 0 Å². The number of amides is 2. The molecule has 16 heavy (non-hydrogen) atoms. The second-order valence-electron chi connectivity index (χ2n) is 4.61. The Balaban J connectivity index is 2.30. The minimum Gasteiger partial charge on any atom is -0.481 e. The van der Waals surface area contributed by atoms with E-state index in [1.807, 2.05) is 6.92 Å². The molecule has 0 aliphatic heterocycles. The molecule has 0 aromatic heterocycles. The molecule has 0 heterocycles.